The number of hydrogen-bond donors (Lipinski definition) is 1. The van der Waals surface area contributed by atoms with Gasteiger partial charge in [0.15, 0.2) is 5.76 Å². The first-order chi connectivity index (χ1) is 12.2. The number of alkyl halides is 3. The van der Waals surface area contributed by atoms with E-state index in [1.54, 1.807) is 6.07 Å². The van der Waals surface area contributed by atoms with Crippen LogP contribution in [-0.4, -0.2) is 36.2 Å². The van der Waals surface area contributed by atoms with Gasteiger partial charge < -0.3 is 19.4 Å². The van der Waals surface area contributed by atoms with Gasteiger partial charge in [0, 0.05) is 19.2 Å². The number of furan rings is 1. The van der Waals surface area contributed by atoms with E-state index in [4.69, 9.17) is 4.42 Å². The Kier molecular flexibility index (Phi) is 5.91. The largest absolute Gasteiger partial charge is 0.573 e. The molecule has 0 saturated carbocycles. The Morgan fingerprint density at radius 2 is 1.92 bits per heavy atom. The molecule has 0 aliphatic carbocycles. The average molecular weight is 370 g/mol. The fourth-order valence-electron chi connectivity index (χ4n) is 2.26. The van der Waals surface area contributed by atoms with E-state index in [9.17, 15) is 22.8 Å². The molecule has 140 valence electrons. The van der Waals surface area contributed by atoms with Crippen LogP contribution in [0.5, 0.6) is 5.75 Å². The minimum absolute atomic E-state index is 0.0521. The molecule has 2 amide bonds. The van der Waals surface area contributed by atoms with Gasteiger partial charge in [-0.15, -0.1) is 13.2 Å². The van der Waals surface area contributed by atoms with E-state index < -0.39 is 24.2 Å². The quantitative estimate of drug-likeness (QED) is 0.849. The minimum atomic E-state index is -4.83. The average Bonchev–Trinajstić information content (AvgIpc) is 3.09. The van der Waals surface area contributed by atoms with E-state index in [0.29, 0.717) is 0 Å². The predicted molar refractivity (Wildman–Crippen MR) is 85.2 cm³/mol. The molecule has 2 rings (SSSR count). The molecule has 1 heterocycles. The van der Waals surface area contributed by atoms with E-state index in [1.807, 2.05) is 0 Å². The molecule has 0 spiro atoms. The SMILES string of the molecule is CC(NC(=O)c1ccco1)C(=O)N(C)Cc1ccccc1OC(F)(F)F. The molecule has 0 aliphatic rings. The van der Waals surface area contributed by atoms with Crippen LogP contribution in [0.1, 0.15) is 23.0 Å². The van der Waals surface area contributed by atoms with Crippen molar-refractivity contribution in [3.8, 4) is 5.75 Å². The van der Waals surface area contributed by atoms with Crippen LogP contribution in [0.25, 0.3) is 0 Å². The van der Waals surface area contributed by atoms with Crippen molar-refractivity contribution < 1.29 is 31.9 Å². The summed E-state index contributed by atoms with van der Waals surface area (Å²) in [4.78, 5) is 25.5. The van der Waals surface area contributed by atoms with Crippen molar-refractivity contribution in [1.82, 2.24) is 10.2 Å². The highest BCUT2D eigenvalue weighted by Crippen LogP contribution is 2.27. The zero-order valence-corrected chi connectivity index (χ0v) is 14.0. The van der Waals surface area contributed by atoms with Gasteiger partial charge in [-0.25, -0.2) is 0 Å². The summed E-state index contributed by atoms with van der Waals surface area (Å²) in [7, 11) is 1.42. The number of carbonyl (C=O) groups excluding carboxylic acids is 2. The van der Waals surface area contributed by atoms with Crippen molar-refractivity contribution >= 4 is 11.8 Å². The highest BCUT2D eigenvalue weighted by atomic mass is 19.4. The Hall–Kier alpha value is -2.97. The molecule has 0 fully saturated rings. The highest BCUT2D eigenvalue weighted by molar-refractivity contribution is 5.95. The van der Waals surface area contributed by atoms with Crippen LogP contribution in [0.4, 0.5) is 13.2 Å². The highest BCUT2D eigenvalue weighted by Gasteiger charge is 2.32. The van der Waals surface area contributed by atoms with Gasteiger partial charge in [0.1, 0.15) is 11.8 Å². The van der Waals surface area contributed by atoms with Gasteiger partial charge in [-0.05, 0) is 25.1 Å². The summed E-state index contributed by atoms with van der Waals surface area (Å²) in [6, 6.07) is 7.62. The number of nitrogens with zero attached hydrogens (tertiary/aromatic N) is 1. The third-order valence-electron chi connectivity index (χ3n) is 3.45. The van der Waals surface area contributed by atoms with Gasteiger partial charge in [0.25, 0.3) is 5.91 Å². The molecule has 9 heteroatoms. The molecule has 1 atom stereocenters. The summed E-state index contributed by atoms with van der Waals surface area (Å²) in [5, 5.41) is 2.47. The lowest BCUT2D eigenvalue weighted by molar-refractivity contribution is -0.275. The van der Waals surface area contributed by atoms with Gasteiger partial charge in [-0.2, -0.15) is 0 Å². The molecule has 1 aromatic carbocycles. The Bertz CT molecular complexity index is 760. The van der Waals surface area contributed by atoms with Crippen LogP contribution in [-0.2, 0) is 11.3 Å². The van der Waals surface area contributed by atoms with E-state index in [-0.39, 0.29) is 23.6 Å². The summed E-state index contributed by atoms with van der Waals surface area (Å²) in [5.41, 5.74) is 0.185. The first-order valence-electron chi connectivity index (χ1n) is 7.60. The van der Waals surface area contributed by atoms with Crippen molar-refractivity contribution in [1.29, 1.82) is 0 Å². The van der Waals surface area contributed by atoms with Crippen molar-refractivity contribution in [2.75, 3.05) is 7.05 Å². The second-order valence-electron chi connectivity index (χ2n) is 5.52. The summed E-state index contributed by atoms with van der Waals surface area (Å²) in [6.45, 7) is 1.35. The maximum atomic E-state index is 12.5. The van der Waals surface area contributed by atoms with E-state index in [0.717, 1.165) is 0 Å². The Labute approximate surface area is 147 Å². The fourth-order valence-corrected chi connectivity index (χ4v) is 2.26. The predicted octanol–water partition coefficient (Wildman–Crippen LogP) is 2.96. The summed E-state index contributed by atoms with van der Waals surface area (Å²) in [6.07, 6.45) is -3.51. The fraction of sp³-hybridized carbons (Fsp3) is 0.294. The Morgan fingerprint density at radius 1 is 1.23 bits per heavy atom. The van der Waals surface area contributed by atoms with E-state index in [2.05, 4.69) is 10.1 Å². The normalized spacial score (nSPS) is 12.3. The molecule has 1 unspecified atom stereocenters. The smallest absolute Gasteiger partial charge is 0.459 e. The van der Waals surface area contributed by atoms with Gasteiger partial charge in [-0.3, -0.25) is 9.59 Å². The second kappa shape index (κ2) is 7.94. The first kappa shape index (κ1) is 19.4. The molecular weight excluding hydrogens is 353 g/mol. The Morgan fingerprint density at radius 3 is 2.54 bits per heavy atom. The summed E-state index contributed by atoms with van der Waals surface area (Å²) < 4.78 is 46.3. The number of halogens is 3. The minimum Gasteiger partial charge on any atom is -0.459 e. The van der Waals surface area contributed by atoms with Crippen LogP contribution >= 0.6 is 0 Å². The number of nitrogens with one attached hydrogen (secondary N) is 1. The number of carbonyl (C=O) groups is 2. The third-order valence-corrected chi connectivity index (χ3v) is 3.45. The number of likely N-dealkylation sites (N-methyl/N-ethyl adjacent to an activating group) is 1. The number of amides is 2. The number of ether oxygens (including phenoxy) is 1. The lowest BCUT2D eigenvalue weighted by Crippen LogP contribution is -2.45. The standard InChI is InChI=1S/C17H17F3N2O4/c1-11(21-15(23)14-8-5-9-25-14)16(24)22(2)10-12-6-3-4-7-13(12)26-17(18,19)20/h3-9,11H,10H2,1-2H3,(H,21,23). The molecule has 0 saturated heterocycles. The van der Waals surface area contributed by atoms with Gasteiger partial charge >= 0.3 is 6.36 Å². The first-order valence-corrected chi connectivity index (χ1v) is 7.60. The Balaban J connectivity index is 2.01. The van der Waals surface area contributed by atoms with Crippen molar-refractivity contribution in [2.45, 2.75) is 25.9 Å². The molecule has 0 radical (unpaired) electrons. The monoisotopic (exact) mass is 370 g/mol. The van der Waals surface area contributed by atoms with Crippen molar-refractivity contribution in [3.05, 3.63) is 54.0 Å². The van der Waals surface area contributed by atoms with Crippen LogP contribution in [0.15, 0.2) is 47.1 Å². The van der Waals surface area contributed by atoms with Crippen molar-refractivity contribution in [2.24, 2.45) is 0 Å². The van der Waals surface area contributed by atoms with Crippen molar-refractivity contribution in [3.63, 3.8) is 0 Å². The maximum Gasteiger partial charge on any atom is 0.573 e. The molecule has 26 heavy (non-hydrogen) atoms. The third kappa shape index (κ3) is 5.27. The lowest BCUT2D eigenvalue weighted by atomic mass is 10.1. The van der Waals surface area contributed by atoms with Gasteiger partial charge in [-0.1, -0.05) is 18.2 Å². The molecule has 0 aliphatic heterocycles. The number of hydrogen-bond acceptors (Lipinski definition) is 4. The molecule has 6 nitrogen and oxygen atoms in total. The zero-order chi connectivity index (χ0) is 19.3. The molecular formula is C17H17F3N2O4. The van der Waals surface area contributed by atoms with Crippen LogP contribution in [0.3, 0.4) is 0 Å². The maximum absolute atomic E-state index is 12.5. The van der Waals surface area contributed by atoms with Crippen LogP contribution < -0.4 is 10.1 Å². The summed E-state index contributed by atoms with van der Waals surface area (Å²) in [5.74, 6) is -1.38. The molecule has 1 N–H and O–H groups in total. The van der Waals surface area contributed by atoms with Gasteiger partial charge in [0.05, 0.1) is 6.26 Å². The number of rotatable bonds is 6. The number of benzene rings is 1. The molecule has 0 bridgehead atoms. The topological polar surface area (TPSA) is 71.8 Å². The van der Waals surface area contributed by atoms with Gasteiger partial charge in [0.2, 0.25) is 5.91 Å². The van der Waals surface area contributed by atoms with Crippen LogP contribution in [0.2, 0.25) is 0 Å². The lowest BCUT2D eigenvalue weighted by Gasteiger charge is -2.23. The zero-order valence-electron chi connectivity index (χ0n) is 14.0. The van der Waals surface area contributed by atoms with E-state index >= 15 is 0 Å². The van der Waals surface area contributed by atoms with E-state index in [1.165, 1.54) is 55.5 Å². The summed E-state index contributed by atoms with van der Waals surface area (Å²) >= 11 is 0. The molecule has 2 aromatic rings. The number of para-hydroxylation sites is 1. The molecule has 1 aromatic heterocycles. The second-order valence-corrected chi connectivity index (χ2v) is 5.52. The van der Waals surface area contributed by atoms with Crippen LogP contribution in [0, 0.1) is 0 Å².